The highest BCUT2D eigenvalue weighted by Crippen LogP contribution is 2.44. The predicted molar refractivity (Wildman–Crippen MR) is 245 cm³/mol. The van der Waals surface area contributed by atoms with E-state index in [1.165, 1.54) is 4.90 Å². The topological polar surface area (TPSA) is 153 Å². The molecular weight excluding hydrogens is 813 g/mol. The molecule has 0 aromatic heterocycles. The summed E-state index contributed by atoms with van der Waals surface area (Å²) in [6.45, 7) is 9.25. The molecule has 12 heteroatoms. The summed E-state index contributed by atoms with van der Waals surface area (Å²) < 4.78 is 31.3. The molecule has 2 N–H and O–H groups in total. The molecule has 4 aliphatic rings. The van der Waals surface area contributed by atoms with Gasteiger partial charge in [0, 0.05) is 44.7 Å². The van der Waals surface area contributed by atoms with Crippen molar-refractivity contribution < 1.29 is 48.0 Å². The Labute approximate surface area is 380 Å². The number of esters is 2. The lowest BCUT2D eigenvalue weighted by atomic mass is 9.88. The Bertz CT molecular complexity index is 1930. The van der Waals surface area contributed by atoms with Crippen molar-refractivity contribution in [3.8, 4) is 0 Å². The Kier molecular flexibility index (Phi) is 17.4. The highest BCUT2D eigenvalue weighted by atomic mass is 16.8. The molecule has 2 heterocycles. The second kappa shape index (κ2) is 22.7. The van der Waals surface area contributed by atoms with E-state index in [4.69, 9.17) is 23.7 Å². The maximum atomic E-state index is 14.8. The van der Waals surface area contributed by atoms with Gasteiger partial charge in [0.1, 0.15) is 30.0 Å². The molecule has 0 bridgehead atoms. The largest absolute Gasteiger partial charge is 0.460 e. The predicted octanol–water partition coefficient (Wildman–Crippen LogP) is 8.43. The minimum atomic E-state index is -0.990. The fraction of sp³-hybridized carbons (Fsp3) is 0.615. The summed E-state index contributed by atoms with van der Waals surface area (Å²) >= 11 is 0. The van der Waals surface area contributed by atoms with Gasteiger partial charge in [0.05, 0.1) is 30.4 Å². The molecule has 64 heavy (non-hydrogen) atoms. The highest BCUT2D eigenvalue weighted by Gasteiger charge is 2.53. The summed E-state index contributed by atoms with van der Waals surface area (Å²) in [6.07, 6.45) is 15.6. The van der Waals surface area contributed by atoms with E-state index in [1.807, 2.05) is 48.5 Å². The molecule has 12 nitrogen and oxygen atoms in total. The third-order valence-electron chi connectivity index (χ3n) is 12.8. The Morgan fingerprint density at radius 3 is 2.36 bits per heavy atom. The van der Waals surface area contributed by atoms with Gasteiger partial charge in [-0.1, -0.05) is 94.1 Å². The monoisotopic (exact) mass is 885 g/mol. The number of fused-ring (bicyclic) bond motifs is 2. The third kappa shape index (κ3) is 13.8. The van der Waals surface area contributed by atoms with E-state index < -0.39 is 72.1 Å². The number of hydrogen-bond acceptors (Lipinski definition) is 10. The first-order chi connectivity index (χ1) is 30.7. The first kappa shape index (κ1) is 49.1. The van der Waals surface area contributed by atoms with Crippen LogP contribution < -0.4 is 5.32 Å². The SMILES string of the molecule is CCCCCC1(CCCCC)OC2C=C(C(=O)N(C)C(Cc3ccccc3)C(=O)NC(CO)CCC(=O)OC(C)(C)C)CC(OC(=O)c3cccc(C=CC4CCC5OC5C4)c3)C2O1. The molecule has 350 valence electrons. The maximum absolute atomic E-state index is 14.8. The Balaban J connectivity index is 1.24. The molecule has 2 aliphatic heterocycles. The van der Waals surface area contributed by atoms with Gasteiger partial charge < -0.3 is 39.0 Å². The summed E-state index contributed by atoms with van der Waals surface area (Å²) in [7, 11) is 1.59. The van der Waals surface area contributed by atoms with E-state index in [1.54, 1.807) is 40.0 Å². The lowest BCUT2D eigenvalue weighted by Crippen LogP contribution is -2.53. The van der Waals surface area contributed by atoms with Gasteiger partial charge in [-0.3, -0.25) is 14.4 Å². The third-order valence-corrected chi connectivity index (χ3v) is 12.8. The second-order valence-corrected chi connectivity index (χ2v) is 19.2. The zero-order valence-electron chi connectivity index (χ0n) is 38.9. The van der Waals surface area contributed by atoms with Crippen LogP contribution in [0, 0.1) is 5.92 Å². The van der Waals surface area contributed by atoms with Gasteiger partial charge in [0.2, 0.25) is 11.8 Å². The van der Waals surface area contributed by atoms with Crippen LogP contribution in [0.2, 0.25) is 0 Å². The van der Waals surface area contributed by atoms with Crippen molar-refractivity contribution >= 4 is 29.8 Å². The van der Waals surface area contributed by atoms with Crippen molar-refractivity contribution in [2.24, 2.45) is 5.92 Å². The average Bonchev–Trinajstić information content (AvgIpc) is 3.96. The van der Waals surface area contributed by atoms with E-state index >= 15 is 0 Å². The van der Waals surface area contributed by atoms with Crippen molar-refractivity contribution in [1.29, 1.82) is 0 Å². The van der Waals surface area contributed by atoms with E-state index in [2.05, 4.69) is 31.3 Å². The van der Waals surface area contributed by atoms with Crippen molar-refractivity contribution in [3.63, 3.8) is 0 Å². The number of rotatable bonds is 22. The smallest absolute Gasteiger partial charge is 0.338 e. The zero-order chi connectivity index (χ0) is 45.9. The van der Waals surface area contributed by atoms with Gasteiger partial charge in [0.15, 0.2) is 5.79 Å². The van der Waals surface area contributed by atoms with E-state index in [0.29, 0.717) is 42.1 Å². The summed E-state index contributed by atoms with van der Waals surface area (Å²) in [5.41, 5.74) is 1.81. The van der Waals surface area contributed by atoms with Crippen LogP contribution in [0.5, 0.6) is 0 Å². The van der Waals surface area contributed by atoms with Crippen LogP contribution in [-0.4, -0.2) is 101 Å². The van der Waals surface area contributed by atoms with Crippen molar-refractivity contribution in [1.82, 2.24) is 10.2 Å². The van der Waals surface area contributed by atoms with E-state index in [9.17, 15) is 24.3 Å². The van der Waals surface area contributed by atoms with Crippen LogP contribution in [0.4, 0.5) is 0 Å². The lowest BCUT2D eigenvalue weighted by molar-refractivity contribution is -0.190. The molecule has 0 spiro atoms. The van der Waals surface area contributed by atoms with Crippen molar-refractivity contribution in [2.75, 3.05) is 13.7 Å². The fourth-order valence-electron chi connectivity index (χ4n) is 9.22. The number of likely N-dealkylation sites (N-methyl/N-ethyl adjacent to an activating group) is 1. The standard InChI is InChI=1S/C52H72N2O10/c1-7-9-14-27-52(28-15-10-8-2)62-45-33-39(32-44(47(45)64-52)61-50(59)38-20-16-19-36(29-38)21-22-37-23-25-42-43(31-37)60-42)49(58)54(6)41(30-35-17-12-11-13-18-35)48(57)53-40(34-55)24-26-46(56)63-51(3,4)5/h11-13,16-22,29,33,37,40-45,47,55H,7-10,14-15,23-28,30-32,34H2,1-6H3,(H,53,57). The molecule has 2 aromatic rings. The number of nitrogens with one attached hydrogen (secondary N) is 1. The van der Waals surface area contributed by atoms with Gasteiger partial charge in [0.25, 0.3) is 0 Å². The Hall–Kier alpha value is -4.36. The number of epoxide rings is 1. The minimum Gasteiger partial charge on any atom is -0.460 e. The Morgan fingerprint density at radius 1 is 0.953 bits per heavy atom. The molecule has 8 atom stereocenters. The normalized spacial score (nSPS) is 24.5. The summed E-state index contributed by atoms with van der Waals surface area (Å²) in [6, 6.07) is 15.1. The number of carbonyl (C=O) groups excluding carboxylic acids is 4. The quantitative estimate of drug-likeness (QED) is 0.0670. The van der Waals surface area contributed by atoms with Crippen LogP contribution in [-0.2, 0) is 44.5 Å². The van der Waals surface area contributed by atoms with Crippen molar-refractivity contribution in [2.45, 2.75) is 185 Å². The summed E-state index contributed by atoms with van der Waals surface area (Å²) in [4.78, 5) is 57.0. The van der Waals surface area contributed by atoms with Crippen LogP contribution >= 0.6 is 0 Å². The molecule has 0 radical (unpaired) electrons. The molecule has 2 aliphatic carbocycles. The Morgan fingerprint density at radius 2 is 1.69 bits per heavy atom. The number of ether oxygens (including phenoxy) is 5. The van der Waals surface area contributed by atoms with Crippen LogP contribution in [0.25, 0.3) is 6.08 Å². The van der Waals surface area contributed by atoms with Crippen LogP contribution in [0.1, 0.15) is 146 Å². The van der Waals surface area contributed by atoms with Crippen LogP contribution in [0.15, 0.2) is 72.3 Å². The first-order valence-corrected chi connectivity index (χ1v) is 23.8. The second-order valence-electron chi connectivity index (χ2n) is 19.2. The van der Waals surface area contributed by atoms with Gasteiger partial charge in [-0.15, -0.1) is 0 Å². The summed E-state index contributed by atoms with van der Waals surface area (Å²) in [5.74, 6) is -2.30. The molecule has 6 rings (SSSR count). The average molecular weight is 885 g/mol. The van der Waals surface area contributed by atoms with Gasteiger partial charge in [-0.25, -0.2) is 4.79 Å². The fourth-order valence-corrected chi connectivity index (χ4v) is 9.22. The molecular formula is C52H72N2O10. The highest BCUT2D eigenvalue weighted by molar-refractivity contribution is 5.97. The van der Waals surface area contributed by atoms with Crippen LogP contribution in [0.3, 0.4) is 0 Å². The lowest BCUT2D eigenvalue weighted by Gasteiger charge is -2.34. The summed E-state index contributed by atoms with van der Waals surface area (Å²) in [5, 5.41) is 13.2. The molecule has 1 saturated carbocycles. The van der Waals surface area contributed by atoms with Gasteiger partial charge >= 0.3 is 11.9 Å². The molecule has 2 amide bonds. The minimum absolute atomic E-state index is 0.00504. The van der Waals surface area contributed by atoms with Gasteiger partial charge in [-0.05, 0) is 94.5 Å². The van der Waals surface area contributed by atoms with Gasteiger partial charge in [-0.2, -0.15) is 0 Å². The molecule has 8 unspecified atom stereocenters. The number of aliphatic hydroxyl groups excluding tert-OH is 1. The number of amides is 2. The number of carbonyl (C=O) groups is 4. The number of benzene rings is 2. The first-order valence-electron chi connectivity index (χ1n) is 23.8. The number of unbranched alkanes of at least 4 members (excludes halogenated alkanes) is 4. The maximum Gasteiger partial charge on any atom is 0.338 e. The van der Waals surface area contributed by atoms with E-state index in [0.717, 1.165) is 68.9 Å². The molecule has 2 aromatic carbocycles. The number of hydrogen-bond donors (Lipinski definition) is 2. The van der Waals surface area contributed by atoms with Crippen molar-refractivity contribution in [3.05, 3.63) is 89.0 Å². The number of allylic oxidation sites excluding steroid dienone is 1. The van der Waals surface area contributed by atoms with E-state index in [-0.39, 0.29) is 25.7 Å². The molecule has 2 saturated heterocycles. The molecule has 3 fully saturated rings. The zero-order valence-corrected chi connectivity index (χ0v) is 38.9. The number of aliphatic hydroxyl groups is 1. The number of nitrogens with zero attached hydrogens (tertiary/aromatic N) is 1.